The van der Waals surface area contributed by atoms with E-state index >= 15 is 0 Å². The lowest BCUT2D eigenvalue weighted by Crippen LogP contribution is -2.61. The number of carbonyl (C=O) groups is 4. The lowest BCUT2D eigenvalue weighted by molar-refractivity contribution is -0.301. The molecule has 0 bridgehead atoms. The summed E-state index contributed by atoms with van der Waals surface area (Å²) >= 11 is 0. The maximum Gasteiger partial charge on any atom is 0.335 e. The number of hydrogen-bond acceptors (Lipinski definition) is 11. The number of aliphatic hydroxyl groups excluding tert-OH is 2. The fraction of sp³-hybridized carbons (Fsp3) is 0.662. The van der Waals surface area contributed by atoms with E-state index in [1.165, 1.54) is 83.5 Å². The Balaban J connectivity index is 2.70. The summed E-state index contributed by atoms with van der Waals surface area (Å²) in [5.41, 5.74) is 0. The highest BCUT2D eigenvalue weighted by atomic mass is 16.7. The smallest absolute Gasteiger partial charge is 0.335 e. The van der Waals surface area contributed by atoms with E-state index in [9.17, 15) is 34.5 Å². The molecule has 0 amide bonds. The van der Waals surface area contributed by atoms with Crippen LogP contribution in [0, 0.1) is 0 Å². The van der Waals surface area contributed by atoms with E-state index in [1.54, 1.807) is 6.08 Å². The van der Waals surface area contributed by atoms with Gasteiger partial charge in [-0.2, -0.15) is 0 Å². The predicted octanol–water partition coefficient (Wildman–Crippen LogP) is 17.6. The summed E-state index contributed by atoms with van der Waals surface area (Å²) in [4.78, 5) is 51.3. The Morgan fingerprint density at radius 1 is 0.422 bits per heavy atom. The zero-order chi connectivity index (χ0) is 60.3. The maximum absolute atomic E-state index is 13.1. The fourth-order valence-corrected chi connectivity index (χ4v) is 9.14. The van der Waals surface area contributed by atoms with Crippen molar-refractivity contribution in [3.05, 3.63) is 122 Å². The molecule has 12 heteroatoms. The summed E-state index contributed by atoms with van der Waals surface area (Å²) in [6, 6.07) is 0. The average molecular weight is 1160 g/mol. The molecule has 1 fully saturated rings. The molecule has 0 aromatic rings. The van der Waals surface area contributed by atoms with Gasteiger partial charge >= 0.3 is 23.9 Å². The predicted molar refractivity (Wildman–Crippen MR) is 340 cm³/mol. The second kappa shape index (κ2) is 57.5. The summed E-state index contributed by atoms with van der Waals surface area (Å²) in [6.45, 7) is 5.69. The van der Waals surface area contributed by atoms with Gasteiger partial charge in [0.2, 0.25) is 0 Å². The summed E-state index contributed by atoms with van der Waals surface area (Å²) < 4.78 is 28.4. The Hall–Kier alpha value is -4.88. The molecule has 1 saturated heterocycles. The third-order valence-electron chi connectivity index (χ3n) is 14.0. The molecule has 6 atom stereocenters. The number of esters is 3. The van der Waals surface area contributed by atoms with Crippen molar-refractivity contribution in [2.75, 3.05) is 13.2 Å². The van der Waals surface area contributed by atoms with Gasteiger partial charge in [-0.3, -0.25) is 14.4 Å². The van der Waals surface area contributed by atoms with Crippen LogP contribution in [0.5, 0.6) is 0 Å². The van der Waals surface area contributed by atoms with E-state index in [4.69, 9.17) is 23.7 Å². The third-order valence-corrected chi connectivity index (χ3v) is 14.0. The molecule has 470 valence electrons. The number of carboxylic acid groups (broad SMARTS) is 1. The number of carbonyl (C=O) groups excluding carboxylic acids is 3. The molecule has 83 heavy (non-hydrogen) atoms. The van der Waals surface area contributed by atoms with Crippen LogP contribution in [-0.2, 0) is 42.9 Å². The van der Waals surface area contributed by atoms with Crippen LogP contribution in [0.2, 0.25) is 0 Å². The quantitative estimate of drug-likeness (QED) is 0.0228. The van der Waals surface area contributed by atoms with Crippen molar-refractivity contribution in [2.45, 2.75) is 289 Å². The third kappa shape index (κ3) is 47.1. The number of hydrogen-bond donors (Lipinski definition) is 3. The van der Waals surface area contributed by atoms with Crippen LogP contribution < -0.4 is 0 Å². The van der Waals surface area contributed by atoms with Crippen molar-refractivity contribution >= 4 is 23.9 Å². The largest absolute Gasteiger partial charge is 0.479 e. The first kappa shape index (κ1) is 76.1. The monoisotopic (exact) mass is 1160 g/mol. The minimum atomic E-state index is -1.93. The Kier molecular flexibility index (Phi) is 52.8. The number of ether oxygens (including phenoxy) is 5. The first-order valence-corrected chi connectivity index (χ1v) is 32.5. The number of unbranched alkanes of at least 4 members (excludes halogenated alkanes) is 21. The number of aliphatic carboxylic acids is 1. The Morgan fingerprint density at radius 3 is 1.23 bits per heavy atom. The Morgan fingerprint density at radius 2 is 0.795 bits per heavy atom. The summed E-state index contributed by atoms with van der Waals surface area (Å²) in [5.74, 6) is -3.32. The van der Waals surface area contributed by atoms with Crippen molar-refractivity contribution < 1.29 is 58.2 Å². The van der Waals surface area contributed by atoms with Gasteiger partial charge in [-0.1, -0.05) is 245 Å². The van der Waals surface area contributed by atoms with E-state index in [-0.39, 0.29) is 25.9 Å². The minimum absolute atomic E-state index is 0.0278. The normalized spacial score (nSPS) is 18.4. The molecule has 6 unspecified atom stereocenters. The van der Waals surface area contributed by atoms with Gasteiger partial charge in [0, 0.05) is 12.8 Å². The van der Waals surface area contributed by atoms with Crippen LogP contribution in [0.1, 0.15) is 252 Å². The summed E-state index contributed by atoms with van der Waals surface area (Å²) in [5, 5.41) is 31.6. The van der Waals surface area contributed by atoms with Gasteiger partial charge in [0.1, 0.15) is 18.8 Å². The molecule has 3 N–H and O–H groups in total. The van der Waals surface area contributed by atoms with Gasteiger partial charge in [0.25, 0.3) is 0 Å². The zero-order valence-electron chi connectivity index (χ0n) is 51.9. The second-order valence-corrected chi connectivity index (χ2v) is 21.6. The molecule has 1 heterocycles. The molecular weight excluding hydrogens is 1040 g/mol. The molecule has 0 saturated carbocycles. The molecule has 1 aliphatic heterocycles. The van der Waals surface area contributed by atoms with Crippen LogP contribution >= 0.6 is 0 Å². The average Bonchev–Trinajstić information content (AvgIpc) is 3.60. The Bertz CT molecular complexity index is 1900. The zero-order valence-corrected chi connectivity index (χ0v) is 51.9. The van der Waals surface area contributed by atoms with Crippen molar-refractivity contribution in [3.8, 4) is 0 Å². The van der Waals surface area contributed by atoms with Crippen LogP contribution in [-0.4, -0.2) is 89.2 Å². The van der Waals surface area contributed by atoms with Gasteiger partial charge in [0.05, 0.1) is 13.0 Å². The fourth-order valence-electron chi connectivity index (χ4n) is 9.14. The van der Waals surface area contributed by atoms with Gasteiger partial charge in [-0.25, -0.2) is 4.79 Å². The first-order valence-electron chi connectivity index (χ1n) is 32.5. The highest BCUT2D eigenvalue weighted by molar-refractivity contribution is 5.74. The van der Waals surface area contributed by atoms with Crippen LogP contribution in [0.3, 0.4) is 0 Å². The van der Waals surface area contributed by atoms with Gasteiger partial charge < -0.3 is 39.0 Å². The standard InChI is InChI=1S/C71H114O12/c1-4-7-10-13-16-19-22-25-28-30-32-34-37-39-42-45-48-51-54-57-63(72)79-60-62(81-64(73)58-55-52-49-46-43-40-36-27-24-21-18-15-12-9-6-3)61-80-71-69(67(76)66(75)68(83-71)70(77)78)82-65(74)59-56-53-50-47-44-41-38-35-33-31-29-26-23-20-17-14-11-8-5-2/h8-9,11-12,17-18,20-21,25-29,33,35-36,43,46,52,55,62,66-69,71,75-76H,4-7,10,13-16,19,22-24,30-32,34,37-42,44-45,47-51,53-54,56-61H2,1-3H3,(H,77,78)/b11-8-,12-9-,20-17-,21-18-,28-25-,29-26-,35-33-,36-27-,46-43-,55-52-. The first-order chi connectivity index (χ1) is 40.6. The van der Waals surface area contributed by atoms with E-state index in [1.807, 2.05) is 12.2 Å². The summed E-state index contributed by atoms with van der Waals surface area (Å²) in [7, 11) is 0. The number of rotatable bonds is 54. The molecule has 0 aromatic heterocycles. The molecule has 1 aliphatic rings. The van der Waals surface area contributed by atoms with Crippen LogP contribution in [0.25, 0.3) is 0 Å². The van der Waals surface area contributed by atoms with Crippen molar-refractivity contribution in [1.29, 1.82) is 0 Å². The highest BCUT2D eigenvalue weighted by Crippen LogP contribution is 2.26. The van der Waals surface area contributed by atoms with Crippen molar-refractivity contribution in [1.82, 2.24) is 0 Å². The van der Waals surface area contributed by atoms with E-state index in [0.29, 0.717) is 19.3 Å². The Labute approximate surface area is 503 Å². The molecule has 0 spiro atoms. The second-order valence-electron chi connectivity index (χ2n) is 21.6. The van der Waals surface area contributed by atoms with E-state index in [0.717, 1.165) is 109 Å². The molecular formula is C71H114O12. The van der Waals surface area contributed by atoms with Crippen molar-refractivity contribution in [3.63, 3.8) is 0 Å². The van der Waals surface area contributed by atoms with E-state index in [2.05, 4.69) is 124 Å². The SMILES string of the molecule is CC/C=C\C/C=C\C/C=C\C/C=C\C/C=C\CC(=O)OC(COC(=O)CCCCCCCCCCC/C=C\CCCCCCCC)COC1OC(C(=O)O)C(O)C(O)C1OC(=O)CCCCCCCC/C=C\C/C=C\C/C=C\C/C=C\CC. The van der Waals surface area contributed by atoms with Gasteiger partial charge in [-0.15, -0.1) is 0 Å². The topological polar surface area (TPSA) is 175 Å². The lowest BCUT2D eigenvalue weighted by Gasteiger charge is -2.40. The molecule has 0 radical (unpaired) electrons. The van der Waals surface area contributed by atoms with Crippen molar-refractivity contribution in [2.24, 2.45) is 0 Å². The molecule has 12 nitrogen and oxygen atoms in total. The number of carboxylic acids is 1. The number of aliphatic hydroxyl groups is 2. The summed E-state index contributed by atoms with van der Waals surface area (Å²) in [6.07, 6.45) is 67.6. The van der Waals surface area contributed by atoms with E-state index < -0.39 is 67.3 Å². The highest BCUT2D eigenvalue weighted by Gasteiger charge is 2.50. The minimum Gasteiger partial charge on any atom is -0.479 e. The van der Waals surface area contributed by atoms with Gasteiger partial charge in [0.15, 0.2) is 24.6 Å². The van der Waals surface area contributed by atoms with Gasteiger partial charge in [-0.05, 0) is 109 Å². The maximum atomic E-state index is 13.1. The molecule has 0 aliphatic carbocycles. The van der Waals surface area contributed by atoms with Crippen LogP contribution in [0.15, 0.2) is 122 Å². The number of allylic oxidation sites excluding steroid dienone is 19. The molecule has 1 rings (SSSR count). The van der Waals surface area contributed by atoms with Crippen LogP contribution in [0.4, 0.5) is 0 Å². The lowest BCUT2D eigenvalue weighted by atomic mass is 9.98. The molecule has 0 aromatic carbocycles.